The Kier molecular flexibility index (Phi) is 7.67. The number of hydrogen-bond acceptors (Lipinski definition) is 6. The molecule has 1 aliphatic rings. The second-order valence-electron chi connectivity index (χ2n) is 6.43. The minimum absolute atomic E-state index is 0.0126. The van der Waals surface area contributed by atoms with Crippen molar-refractivity contribution in [2.45, 2.75) is 37.1 Å². The Morgan fingerprint density at radius 1 is 1.37 bits per heavy atom. The second-order valence-corrected chi connectivity index (χ2v) is 7.38. The number of methoxy groups -OCH3 is 1. The van der Waals surface area contributed by atoms with E-state index in [0.29, 0.717) is 31.9 Å². The highest BCUT2D eigenvalue weighted by Crippen LogP contribution is 2.19. The van der Waals surface area contributed by atoms with E-state index in [1.165, 1.54) is 17.3 Å². The molecule has 2 aromatic rings. The van der Waals surface area contributed by atoms with Crippen LogP contribution in [-0.2, 0) is 27.2 Å². The number of benzene rings is 1. The lowest BCUT2D eigenvalue weighted by Gasteiger charge is -2.11. The molecule has 1 aromatic heterocycles. The van der Waals surface area contributed by atoms with E-state index in [1.54, 1.807) is 7.11 Å². The Morgan fingerprint density at radius 3 is 2.96 bits per heavy atom. The SMILES string of the molecule is COCCn1c(Cc2ccccc2)nnc1SCC(=O)NC[C@H]1CCCO1. The average Bonchev–Trinajstić information content (AvgIpc) is 3.34. The molecule has 0 radical (unpaired) electrons. The van der Waals surface area contributed by atoms with Crippen molar-refractivity contribution in [2.24, 2.45) is 0 Å². The van der Waals surface area contributed by atoms with Gasteiger partial charge >= 0.3 is 0 Å². The number of nitrogens with one attached hydrogen (secondary N) is 1. The topological polar surface area (TPSA) is 78.3 Å². The summed E-state index contributed by atoms with van der Waals surface area (Å²) in [6.45, 7) is 2.60. The summed E-state index contributed by atoms with van der Waals surface area (Å²) in [7, 11) is 1.67. The van der Waals surface area contributed by atoms with Gasteiger partial charge in [-0.15, -0.1) is 10.2 Å². The molecule has 1 aromatic carbocycles. The highest BCUT2D eigenvalue weighted by atomic mass is 32.2. The molecule has 8 heteroatoms. The van der Waals surface area contributed by atoms with Gasteiger partial charge in [0.1, 0.15) is 5.82 Å². The zero-order valence-corrected chi connectivity index (χ0v) is 16.4. The van der Waals surface area contributed by atoms with Crippen molar-refractivity contribution in [1.29, 1.82) is 0 Å². The normalized spacial score (nSPS) is 16.6. The number of carbonyl (C=O) groups is 1. The number of ether oxygens (including phenoxy) is 2. The first-order valence-corrected chi connectivity index (χ1v) is 10.2. The number of nitrogens with zero attached hydrogens (tertiary/aromatic N) is 3. The third-order valence-electron chi connectivity index (χ3n) is 4.40. The van der Waals surface area contributed by atoms with Gasteiger partial charge in [-0.2, -0.15) is 0 Å². The van der Waals surface area contributed by atoms with Crippen LogP contribution < -0.4 is 5.32 Å². The number of hydrogen-bond donors (Lipinski definition) is 1. The van der Waals surface area contributed by atoms with E-state index in [0.717, 1.165) is 30.4 Å². The van der Waals surface area contributed by atoms with Crippen LogP contribution in [0.1, 0.15) is 24.2 Å². The minimum Gasteiger partial charge on any atom is -0.383 e. The number of thioether (sulfide) groups is 1. The molecule has 0 unspecified atom stereocenters. The molecular weight excluding hydrogens is 364 g/mol. The Morgan fingerprint density at radius 2 is 2.22 bits per heavy atom. The molecule has 2 heterocycles. The molecule has 0 saturated carbocycles. The highest BCUT2D eigenvalue weighted by Gasteiger charge is 2.17. The standard InChI is InChI=1S/C19H26N4O3S/c1-25-11-9-23-17(12-15-6-3-2-4-7-15)21-22-19(23)27-14-18(24)20-13-16-8-5-10-26-16/h2-4,6-7,16H,5,8-14H2,1H3,(H,20,24)/t16-/m1/s1. The third-order valence-corrected chi connectivity index (χ3v) is 5.37. The lowest BCUT2D eigenvalue weighted by atomic mass is 10.1. The molecule has 1 saturated heterocycles. The molecule has 1 amide bonds. The van der Waals surface area contributed by atoms with E-state index >= 15 is 0 Å². The number of carbonyl (C=O) groups excluding carboxylic acids is 1. The van der Waals surface area contributed by atoms with Gasteiger partial charge in [0.25, 0.3) is 0 Å². The van der Waals surface area contributed by atoms with Gasteiger partial charge in [-0.05, 0) is 18.4 Å². The lowest BCUT2D eigenvalue weighted by Crippen LogP contribution is -2.33. The van der Waals surface area contributed by atoms with Crippen LogP contribution in [0.4, 0.5) is 0 Å². The molecule has 146 valence electrons. The summed E-state index contributed by atoms with van der Waals surface area (Å²) >= 11 is 1.40. The van der Waals surface area contributed by atoms with E-state index < -0.39 is 0 Å². The molecule has 0 spiro atoms. The molecule has 0 aliphatic carbocycles. The predicted molar refractivity (Wildman–Crippen MR) is 104 cm³/mol. The molecule has 0 bridgehead atoms. The van der Waals surface area contributed by atoms with Crippen LogP contribution >= 0.6 is 11.8 Å². The summed E-state index contributed by atoms with van der Waals surface area (Å²) < 4.78 is 12.8. The van der Waals surface area contributed by atoms with Crippen molar-refractivity contribution in [1.82, 2.24) is 20.1 Å². The first-order chi connectivity index (χ1) is 13.3. The van der Waals surface area contributed by atoms with Crippen molar-refractivity contribution in [3.63, 3.8) is 0 Å². The maximum atomic E-state index is 12.1. The molecule has 1 N–H and O–H groups in total. The van der Waals surface area contributed by atoms with Gasteiger partial charge in [0, 0.05) is 33.2 Å². The summed E-state index contributed by atoms with van der Waals surface area (Å²) in [6.07, 6.45) is 2.94. The van der Waals surface area contributed by atoms with E-state index in [-0.39, 0.29) is 12.0 Å². The number of amides is 1. The molecule has 1 aliphatic heterocycles. The Bertz CT molecular complexity index is 717. The minimum atomic E-state index is -0.0126. The summed E-state index contributed by atoms with van der Waals surface area (Å²) in [5.74, 6) is 1.17. The Balaban J connectivity index is 1.57. The fourth-order valence-electron chi connectivity index (χ4n) is 2.96. The number of rotatable bonds is 10. The van der Waals surface area contributed by atoms with Gasteiger partial charge in [0.05, 0.1) is 18.5 Å². The van der Waals surface area contributed by atoms with Crippen molar-refractivity contribution < 1.29 is 14.3 Å². The monoisotopic (exact) mass is 390 g/mol. The smallest absolute Gasteiger partial charge is 0.230 e. The van der Waals surface area contributed by atoms with Crippen LogP contribution in [0.2, 0.25) is 0 Å². The third kappa shape index (κ3) is 6.05. The predicted octanol–water partition coefficient (Wildman–Crippen LogP) is 1.90. The van der Waals surface area contributed by atoms with Gasteiger partial charge in [0.15, 0.2) is 5.16 Å². The largest absolute Gasteiger partial charge is 0.383 e. The lowest BCUT2D eigenvalue weighted by molar-refractivity contribution is -0.119. The van der Waals surface area contributed by atoms with Gasteiger partial charge in [-0.3, -0.25) is 4.79 Å². The second kappa shape index (κ2) is 10.4. The molecule has 3 rings (SSSR count). The first-order valence-electron chi connectivity index (χ1n) is 9.22. The van der Waals surface area contributed by atoms with Crippen LogP contribution in [0.3, 0.4) is 0 Å². The van der Waals surface area contributed by atoms with Crippen LogP contribution in [0.5, 0.6) is 0 Å². The van der Waals surface area contributed by atoms with E-state index in [1.807, 2.05) is 22.8 Å². The highest BCUT2D eigenvalue weighted by molar-refractivity contribution is 7.99. The summed E-state index contributed by atoms with van der Waals surface area (Å²) in [5, 5.41) is 12.3. The van der Waals surface area contributed by atoms with Crippen molar-refractivity contribution in [3.05, 3.63) is 41.7 Å². The molecule has 1 fully saturated rings. The van der Waals surface area contributed by atoms with Gasteiger partial charge in [-0.1, -0.05) is 42.1 Å². The Hall–Kier alpha value is -1.90. The maximum absolute atomic E-state index is 12.1. The zero-order valence-electron chi connectivity index (χ0n) is 15.6. The van der Waals surface area contributed by atoms with E-state index in [9.17, 15) is 4.79 Å². The molecule has 1 atom stereocenters. The maximum Gasteiger partial charge on any atom is 0.230 e. The van der Waals surface area contributed by atoms with Crippen molar-refractivity contribution >= 4 is 17.7 Å². The fourth-order valence-corrected chi connectivity index (χ4v) is 3.77. The first kappa shape index (κ1) is 19.9. The zero-order chi connectivity index (χ0) is 18.9. The summed E-state index contributed by atoms with van der Waals surface area (Å²) in [5.41, 5.74) is 1.18. The van der Waals surface area contributed by atoms with Crippen LogP contribution in [-0.4, -0.2) is 59.4 Å². The fraction of sp³-hybridized carbons (Fsp3) is 0.526. The van der Waals surface area contributed by atoms with Crippen LogP contribution in [0.15, 0.2) is 35.5 Å². The van der Waals surface area contributed by atoms with Gasteiger partial charge in [-0.25, -0.2) is 0 Å². The van der Waals surface area contributed by atoms with Crippen molar-refractivity contribution in [3.8, 4) is 0 Å². The summed E-state index contributed by atoms with van der Waals surface area (Å²) in [6, 6.07) is 10.2. The van der Waals surface area contributed by atoms with Crippen molar-refractivity contribution in [2.75, 3.05) is 32.6 Å². The van der Waals surface area contributed by atoms with E-state index in [2.05, 4.69) is 27.6 Å². The van der Waals surface area contributed by atoms with Gasteiger partial charge in [0.2, 0.25) is 5.91 Å². The van der Waals surface area contributed by atoms with Crippen LogP contribution in [0, 0.1) is 0 Å². The number of aromatic nitrogens is 3. The molecular formula is C19H26N4O3S. The molecule has 27 heavy (non-hydrogen) atoms. The van der Waals surface area contributed by atoms with E-state index in [4.69, 9.17) is 9.47 Å². The average molecular weight is 391 g/mol. The Labute approximate surface area is 163 Å². The van der Waals surface area contributed by atoms with Crippen LogP contribution in [0.25, 0.3) is 0 Å². The quantitative estimate of drug-likeness (QED) is 0.625. The summed E-state index contributed by atoms with van der Waals surface area (Å²) in [4.78, 5) is 12.1. The molecule has 7 nitrogen and oxygen atoms in total. The van der Waals surface area contributed by atoms with Gasteiger partial charge < -0.3 is 19.4 Å².